The zero-order valence-corrected chi connectivity index (χ0v) is 15.6. The molecule has 0 saturated heterocycles. The molecule has 0 radical (unpaired) electrons. The van der Waals surface area contributed by atoms with E-state index in [4.69, 9.17) is 0 Å². The lowest BCUT2D eigenvalue weighted by molar-refractivity contribution is -0.122. The van der Waals surface area contributed by atoms with Crippen LogP contribution in [0, 0.1) is 11.7 Å². The van der Waals surface area contributed by atoms with E-state index in [1.165, 1.54) is 36.4 Å². The molecule has 1 saturated carbocycles. The van der Waals surface area contributed by atoms with Crippen molar-refractivity contribution < 1.29 is 17.6 Å². The van der Waals surface area contributed by atoms with Crippen molar-refractivity contribution in [1.29, 1.82) is 0 Å². The van der Waals surface area contributed by atoms with Gasteiger partial charge < -0.3 is 0 Å². The average molecular weight is 389 g/mol. The highest BCUT2D eigenvalue weighted by Crippen LogP contribution is 2.28. The highest BCUT2D eigenvalue weighted by Gasteiger charge is 2.29. The summed E-state index contributed by atoms with van der Waals surface area (Å²) in [5.74, 6) is -0.387. The van der Waals surface area contributed by atoms with Crippen LogP contribution in [0.25, 0.3) is 0 Å². The summed E-state index contributed by atoms with van der Waals surface area (Å²) in [6.45, 7) is 1.81. The molecule has 1 aliphatic rings. The van der Waals surface area contributed by atoms with E-state index in [0.717, 1.165) is 12.8 Å². The third-order valence-corrected chi connectivity index (χ3v) is 5.66. The number of halogens is 1. The molecule has 2 aromatic rings. The summed E-state index contributed by atoms with van der Waals surface area (Å²) in [7, 11) is -3.69. The molecule has 27 heavy (non-hydrogen) atoms. The number of sulfonamides is 1. The molecule has 0 atom stereocenters. The largest absolute Gasteiger partial charge is 0.273 e. The summed E-state index contributed by atoms with van der Waals surface area (Å²) in [6, 6.07) is 11.8. The van der Waals surface area contributed by atoms with E-state index < -0.39 is 10.0 Å². The lowest BCUT2D eigenvalue weighted by Crippen LogP contribution is -2.23. The average Bonchev–Trinajstić information content (AvgIpc) is 3.51. The van der Waals surface area contributed by atoms with Crippen LogP contribution in [0.2, 0.25) is 0 Å². The van der Waals surface area contributed by atoms with Crippen molar-refractivity contribution >= 4 is 21.6 Å². The number of amides is 1. The SMILES string of the molecule is C/C(=N/NC(=O)C1CC1)c1ccc(S(=O)(=O)NCc2ccc(F)cc2)cc1. The minimum absolute atomic E-state index is 0.0675. The molecule has 0 bridgehead atoms. The van der Waals surface area contributed by atoms with E-state index in [-0.39, 0.29) is 29.1 Å². The Labute approximate surface area is 157 Å². The Balaban J connectivity index is 1.63. The molecule has 2 aromatic carbocycles. The molecule has 1 amide bonds. The fourth-order valence-corrected chi connectivity index (χ4v) is 3.40. The van der Waals surface area contributed by atoms with Gasteiger partial charge in [-0.3, -0.25) is 4.79 Å². The van der Waals surface area contributed by atoms with Crippen LogP contribution in [-0.2, 0) is 21.4 Å². The van der Waals surface area contributed by atoms with E-state index in [0.29, 0.717) is 16.8 Å². The molecule has 1 fully saturated rings. The number of nitrogens with zero attached hydrogens (tertiary/aromatic N) is 1. The minimum atomic E-state index is -3.69. The first-order valence-electron chi connectivity index (χ1n) is 8.54. The van der Waals surface area contributed by atoms with E-state index in [2.05, 4.69) is 15.2 Å². The number of benzene rings is 2. The van der Waals surface area contributed by atoms with Crippen LogP contribution in [0.3, 0.4) is 0 Å². The van der Waals surface area contributed by atoms with Crippen molar-refractivity contribution in [1.82, 2.24) is 10.1 Å². The third kappa shape index (κ3) is 5.21. The number of nitrogens with one attached hydrogen (secondary N) is 2. The fraction of sp³-hybridized carbons (Fsp3) is 0.263. The summed E-state index contributed by atoms with van der Waals surface area (Å²) < 4.78 is 40.1. The van der Waals surface area contributed by atoms with E-state index in [1.54, 1.807) is 19.1 Å². The molecule has 142 valence electrons. The van der Waals surface area contributed by atoms with Gasteiger partial charge in [-0.05, 0) is 55.2 Å². The number of hydrazone groups is 1. The Hall–Kier alpha value is -2.58. The standard InChI is InChI=1S/C19H20FN3O3S/c1-13(22-23-19(24)16-4-5-16)15-6-10-18(11-7-15)27(25,26)21-12-14-2-8-17(20)9-3-14/h2-3,6-11,16,21H,4-5,12H2,1H3,(H,23,24)/b22-13-. The normalized spacial score (nSPS) is 14.8. The molecular weight excluding hydrogens is 369 g/mol. The van der Waals surface area contributed by atoms with E-state index >= 15 is 0 Å². The number of rotatable bonds is 7. The van der Waals surface area contributed by atoms with Gasteiger partial charge in [0.1, 0.15) is 5.82 Å². The molecule has 0 spiro atoms. The van der Waals surface area contributed by atoms with Gasteiger partial charge in [0, 0.05) is 12.5 Å². The third-order valence-electron chi connectivity index (χ3n) is 4.24. The predicted octanol–water partition coefficient (Wildman–Crippen LogP) is 2.55. The molecule has 1 aliphatic carbocycles. The zero-order valence-electron chi connectivity index (χ0n) is 14.8. The minimum Gasteiger partial charge on any atom is -0.273 e. The van der Waals surface area contributed by atoms with Gasteiger partial charge >= 0.3 is 0 Å². The van der Waals surface area contributed by atoms with Crippen LogP contribution in [0.4, 0.5) is 4.39 Å². The van der Waals surface area contributed by atoms with Crippen molar-refractivity contribution in [3.63, 3.8) is 0 Å². The maximum Gasteiger partial charge on any atom is 0.243 e. The highest BCUT2D eigenvalue weighted by molar-refractivity contribution is 7.89. The number of hydrogen-bond acceptors (Lipinski definition) is 4. The lowest BCUT2D eigenvalue weighted by Gasteiger charge is -2.08. The van der Waals surface area contributed by atoms with E-state index in [9.17, 15) is 17.6 Å². The van der Waals surface area contributed by atoms with Crippen LogP contribution in [0.1, 0.15) is 30.9 Å². The predicted molar refractivity (Wildman–Crippen MR) is 99.9 cm³/mol. The lowest BCUT2D eigenvalue weighted by atomic mass is 10.1. The van der Waals surface area contributed by atoms with Crippen molar-refractivity contribution in [3.8, 4) is 0 Å². The van der Waals surface area contributed by atoms with Gasteiger partial charge in [-0.2, -0.15) is 5.10 Å². The fourth-order valence-electron chi connectivity index (χ4n) is 2.38. The second-order valence-electron chi connectivity index (χ2n) is 6.42. The number of carbonyl (C=O) groups excluding carboxylic acids is 1. The summed E-state index contributed by atoms with van der Waals surface area (Å²) in [6.07, 6.45) is 1.80. The van der Waals surface area contributed by atoms with Crippen LogP contribution < -0.4 is 10.1 Å². The zero-order chi connectivity index (χ0) is 19.4. The molecule has 0 aromatic heterocycles. The first-order valence-corrected chi connectivity index (χ1v) is 10.0. The van der Waals surface area contributed by atoms with Gasteiger partial charge in [0.2, 0.25) is 15.9 Å². The van der Waals surface area contributed by atoms with Crippen LogP contribution in [0.5, 0.6) is 0 Å². The monoisotopic (exact) mass is 389 g/mol. The molecule has 0 unspecified atom stereocenters. The first kappa shape index (κ1) is 19.2. The molecule has 2 N–H and O–H groups in total. The topological polar surface area (TPSA) is 87.6 Å². The van der Waals surface area contributed by atoms with Crippen molar-refractivity contribution in [3.05, 3.63) is 65.5 Å². The van der Waals surface area contributed by atoms with Crippen molar-refractivity contribution in [2.24, 2.45) is 11.0 Å². The second kappa shape index (κ2) is 7.98. The van der Waals surface area contributed by atoms with Gasteiger partial charge in [0.15, 0.2) is 0 Å². The Morgan fingerprint density at radius 1 is 1.11 bits per heavy atom. The summed E-state index contributed by atoms with van der Waals surface area (Å²) in [5, 5.41) is 4.05. The maximum atomic E-state index is 12.9. The Morgan fingerprint density at radius 2 is 1.74 bits per heavy atom. The second-order valence-corrected chi connectivity index (χ2v) is 8.19. The smallest absolute Gasteiger partial charge is 0.243 e. The van der Waals surface area contributed by atoms with Crippen LogP contribution in [0.15, 0.2) is 58.5 Å². The Morgan fingerprint density at radius 3 is 2.33 bits per heavy atom. The van der Waals surface area contributed by atoms with Gasteiger partial charge in [0.05, 0.1) is 10.6 Å². The van der Waals surface area contributed by atoms with Crippen molar-refractivity contribution in [2.75, 3.05) is 0 Å². The van der Waals surface area contributed by atoms with Crippen LogP contribution >= 0.6 is 0 Å². The van der Waals surface area contributed by atoms with Crippen LogP contribution in [-0.4, -0.2) is 20.0 Å². The first-order chi connectivity index (χ1) is 12.8. The Kier molecular flexibility index (Phi) is 5.67. The number of hydrogen-bond donors (Lipinski definition) is 2. The van der Waals surface area contributed by atoms with Gasteiger partial charge in [-0.25, -0.2) is 23.0 Å². The van der Waals surface area contributed by atoms with Gasteiger partial charge in [-0.15, -0.1) is 0 Å². The molecule has 0 heterocycles. The molecule has 8 heteroatoms. The Bertz CT molecular complexity index is 951. The summed E-state index contributed by atoms with van der Waals surface area (Å²) in [4.78, 5) is 11.7. The van der Waals surface area contributed by atoms with Gasteiger partial charge in [-0.1, -0.05) is 24.3 Å². The summed E-state index contributed by atoms with van der Waals surface area (Å²) in [5.41, 5.74) is 4.48. The molecule has 0 aliphatic heterocycles. The van der Waals surface area contributed by atoms with Crippen molar-refractivity contribution in [2.45, 2.75) is 31.2 Å². The van der Waals surface area contributed by atoms with Gasteiger partial charge in [0.25, 0.3) is 0 Å². The maximum absolute atomic E-state index is 12.9. The number of carbonyl (C=O) groups is 1. The summed E-state index contributed by atoms with van der Waals surface area (Å²) >= 11 is 0. The molecular formula is C19H20FN3O3S. The molecule has 3 rings (SSSR count). The highest BCUT2D eigenvalue weighted by atomic mass is 32.2. The quantitative estimate of drug-likeness (QED) is 0.564. The van der Waals surface area contributed by atoms with E-state index in [1.807, 2.05) is 0 Å². The molecule has 6 nitrogen and oxygen atoms in total.